The van der Waals surface area contributed by atoms with Crippen molar-refractivity contribution in [3.63, 3.8) is 0 Å². The van der Waals surface area contributed by atoms with Gasteiger partial charge in [-0.05, 0) is 38.1 Å². The Labute approximate surface area is 110 Å². The molecule has 100 valence electrons. The Bertz CT molecular complexity index is 504. The van der Waals surface area contributed by atoms with Gasteiger partial charge in [-0.15, -0.1) is 0 Å². The van der Waals surface area contributed by atoms with Gasteiger partial charge in [-0.3, -0.25) is 15.0 Å². The SMILES string of the molecule is O=[N+]([O-])c1ccc(ON=C2CN3CCC2CC3)cc1. The highest BCUT2D eigenvalue weighted by Crippen LogP contribution is 2.26. The van der Waals surface area contributed by atoms with Crippen LogP contribution in [-0.4, -0.2) is 35.2 Å². The third kappa shape index (κ3) is 2.58. The second kappa shape index (κ2) is 4.97. The van der Waals surface area contributed by atoms with Crippen molar-refractivity contribution in [2.24, 2.45) is 11.1 Å². The van der Waals surface area contributed by atoms with E-state index in [1.165, 1.54) is 12.1 Å². The van der Waals surface area contributed by atoms with Crippen LogP contribution < -0.4 is 4.84 Å². The fourth-order valence-electron chi connectivity index (χ4n) is 2.63. The van der Waals surface area contributed by atoms with Gasteiger partial charge in [0.15, 0.2) is 5.75 Å². The van der Waals surface area contributed by atoms with Gasteiger partial charge in [0, 0.05) is 24.6 Å². The van der Waals surface area contributed by atoms with Crippen molar-refractivity contribution < 1.29 is 9.76 Å². The summed E-state index contributed by atoms with van der Waals surface area (Å²) in [5.41, 5.74) is 1.15. The van der Waals surface area contributed by atoms with E-state index in [-0.39, 0.29) is 5.69 Å². The summed E-state index contributed by atoms with van der Waals surface area (Å²) in [6.45, 7) is 3.19. The summed E-state index contributed by atoms with van der Waals surface area (Å²) in [5.74, 6) is 1.08. The van der Waals surface area contributed by atoms with Crippen LogP contribution in [0.2, 0.25) is 0 Å². The number of benzene rings is 1. The molecule has 0 amide bonds. The molecule has 3 fully saturated rings. The lowest BCUT2D eigenvalue weighted by molar-refractivity contribution is -0.384. The average molecular weight is 261 g/mol. The van der Waals surface area contributed by atoms with Crippen LogP contribution in [0.1, 0.15) is 12.8 Å². The number of piperidine rings is 3. The second-order valence-corrected chi connectivity index (χ2v) is 4.98. The van der Waals surface area contributed by atoms with Crippen LogP contribution in [0.4, 0.5) is 5.69 Å². The van der Waals surface area contributed by atoms with Gasteiger partial charge >= 0.3 is 0 Å². The molecule has 0 N–H and O–H groups in total. The molecule has 0 aliphatic carbocycles. The zero-order valence-electron chi connectivity index (χ0n) is 10.5. The van der Waals surface area contributed by atoms with Crippen molar-refractivity contribution >= 4 is 11.4 Å². The summed E-state index contributed by atoms with van der Waals surface area (Å²) >= 11 is 0. The first-order valence-corrected chi connectivity index (χ1v) is 6.43. The molecule has 0 spiro atoms. The molecule has 0 aromatic heterocycles. The number of nitro benzene ring substituents is 1. The minimum Gasteiger partial charge on any atom is -0.357 e. The van der Waals surface area contributed by atoms with Gasteiger partial charge < -0.3 is 4.84 Å². The number of fused-ring (bicyclic) bond motifs is 3. The molecule has 0 saturated carbocycles. The molecule has 3 saturated heterocycles. The van der Waals surface area contributed by atoms with Gasteiger partial charge in [0.25, 0.3) is 5.69 Å². The Morgan fingerprint density at radius 1 is 1.26 bits per heavy atom. The number of nitrogens with zero attached hydrogens (tertiary/aromatic N) is 3. The van der Waals surface area contributed by atoms with Crippen molar-refractivity contribution in [1.29, 1.82) is 0 Å². The number of rotatable bonds is 3. The summed E-state index contributed by atoms with van der Waals surface area (Å²) in [6, 6.07) is 5.99. The van der Waals surface area contributed by atoms with E-state index in [2.05, 4.69) is 10.1 Å². The van der Waals surface area contributed by atoms with Gasteiger partial charge in [-0.1, -0.05) is 5.16 Å². The summed E-state index contributed by atoms with van der Waals surface area (Å²) in [5, 5.41) is 14.8. The first-order chi connectivity index (χ1) is 9.22. The summed E-state index contributed by atoms with van der Waals surface area (Å²) < 4.78 is 0. The van der Waals surface area contributed by atoms with E-state index in [0.717, 1.165) is 38.2 Å². The third-order valence-corrected chi connectivity index (χ3v) is 3.76. The van der Waals surface area contributed by atoms with E-state index in [1.807, 2.05) is 0 Å². The topological polar surface area (TPSA) is 68.0 Å². The molecule has 6 nitrogen and oxygen atoms in total. The molecule has 3 aliphatic rings. The van der Waals surface area contributed by atoms with Crippen LogP contribution in [0.5, 0.6) is 5.75 Å². The largest absolute Gasteiger partial charge is 0.357 e. The lowest BCUT2D eigenvalue weighted by Crippen LogP contribution is -2.48. The average Bonchev–Trinajstić information content (AvgIpc) is 2.47. The zero-order chi connectivity index (χ0) is 13.2. The van der Waals surface area contributed by atoms with Gasteiger partial charge in [0.05, 0.1) is 10.6 Å². The molecule has 4 rings (SSSR count). The summed E-state index contributed by atoms with van der Waals surface area (Å²) in [4.78, 5) is 17.9. The quantitative estimate of drug-likeness (QED) is 0.617. The van der Waals surface area contributed by atoms with Crippen molar-refractivity contribution in [1.82, 2.24) is 4.90 Å². The van der Waals surface area contributed by atoms with Crippen LogP contribution in [0.15, 0.2) is 29.4 Å². The van der Waals surface area contributed by atoms with Gasteiger partial charge in [0.1, 0.15) is 0 Å². The molecule has 1 aromatic carbocycles. The molecule has 6 heteroatoms. The molecule has 0 unspecified atom stereocenters. The van der Waals surface area contributed by atoms with Gasteiger partial charge in [-0.2, -0.15) is 0 Å². The molecule has 3 aliphatic heterocycles. The molecule has 2 bridgehead atoms. The first-order valence-electron chi connectivity index (χ1n) is 6.43. The zero-order valence-corrected chi connectivity index (χ0v) is 10.5. The van der Waals surface area contributed by atoms with E-state index >= 15 is 0 Å². The number of hydrogen-bond acceptors (Lipinski definition) is 5. The van der Waals surface area contributed by atoms with E-state index < -0.39 is 4.92 Å². The monoisotopic (exact) mass is 261 g/mol. The third-order valence-electron chi connectivity index (χ3n) is 3.76. The maximum absolute atomic E-state index is 10.5. The number of nitro groups is 1. The molecular formula is C13H15N3O3. The Morgan fingerprint density at radius 3 is 2.47 bits per heavy atom. The van der Waals surface area contributed by atoms with Crippen LogP contribution in [0.3, 0.4) is 0 Å². The lowest BCUT2D eigenvalue weighted by atomic mass is 9.87. The molecule has 19 heavy (non-hydrogen) atoms. The fourth-order valence-corrected chi connectivity index (χ4v) is 2.63. The Kier molecular flexibility index (Phi) is 3.16. The van der Waals surface area contributed by atoms with Crippen molar-refractivity contribution in [2.45, 2.75) is 12.8 Å². The van der Waals surface area contributed by atoms with Gasteiger partial charge in [0.2, 0.25) is 0 Å². The van der Waals surface area contributed by atoms with E-state index in [4.69, 9.17) is 4.84 Å². The normalized spacial score (nSPS) is 27.5. The number of non-ortho nitro benzene ring substituents is 1. The molecular weight excluding hydrogens is 246 g/mol. The highest BCUT2D eigenvalue weighted by atomic mass is 16.6. The maximum atomic E-state index is 10.5. The predicted octanol–water partition coefficient (Wildman–Crippen LogP) is 2.06. The fraction of sp³-hybridized carbons (Fsp3) is 0.462. The van der Waals surface area contributed by atoms with E-state index in [0.29, 0.717) is 11.7 Å². The Morgan fingerprint density at radius 2 is 1.95 bits per heavy atom. The van der Waals surface area contributed by atoms with Crippen LogP contribution in [-0.2, 0) is 0 Å². The minimum absolute atomic E-state index is 0.0582. The predicted molar refractivity (Wildman–Crippen MR) is 70.3 cm³/mol. The van der Waals surface area contributed by atoms with Gasteiger partial charge in [-0.25, -0.2) is 0 Å². The summed E-state index contributed by atoms with van der Waals surface area (Å²) in [6.07, 6.45) is 2.31. The number of oxime groups is 1. The molecule has 3 heterocycles. The van der Waals surface area contributed by atoms with Crippen molar-refractivity contribution in [3.05, 3.63) is 34.4 Å². The highest BCUT2D eigenvalue weighted by Gasteiger charge is 2.31. The first kappa shape index (κ1) is 12.1. The Balaban J connectivity index is 1.67. The maximum Gasteiger partial charge on any atom is 0.269 e. The summed E-state index contributed by atoms with van der Waals surface area (Å²) in [7, 11) is 0. The molecule has 0 radical (unpaired) electrons. The second-order valence-electron chi connectivity index (χ2n) is 4.98. The van der Waals surface area contributed by atoms with Crippen LogP contribution in [0.25, 0.3) is 0 Å². The number of hydrogen-bond donors (Lipinski definition) is 0. The van der Waals surface area contributed by atoms with Crippen molar-refractivity contribution in [3.8, 4) is 5.75 Å². The smallest absolute Gasteiger partial charge is 0.269 e. The lowest BCUT2D eigenvalue weighted by Gasteiger charge is -2.39. The molecule has 1 aromatic rings. The van der Waals surface area contributed by atoms with E-state index in [1.54, 1.807) is 12.1 Å². The van der Waals surface area contributed by atoms with Crippen molar-refractivity contribution in [2.75, 3.05) is 19.6 Å². The Hall–Kier alpha value is -1.95. The molecule has 0 atom stereocenters. The van der Waals surface area contributed by atoms with E-state index in [9.17, 15) is 10.1 Å². The van der Waals surface area contributed by atoms with Crippen LogP contribution in [0, 0.1) is 16.0 Å². The highest BCUT2D eigenvalue weighted by molar-refractivity contribution is 5.89. The standard InChI is InChI=1S/C13H15N3O3/c17-16(18)11-1-3-12(4-2-11)19-14-13-9-15-7-5-10(13)6-8-15/h1-4,10H,5-9H2. The minimum atomic E-state index is -0.428. The van der Waals surface area contributed by atoms with Crippen LogP contribution >= 0.6 is 0 Å².